The maximum absolute atomic E-state index is 3.54. The maximum atomic E-state index is 3.54. The molecule has 1 aliphatic carbocycles. The molecule has 102 valence electrons. The quantitative estimate of drug-likeness (QED) is 0.766. The van der Waals surface area contributed by atoms with Gasteiger partial charge in [-0.25, -0.2) is 0 Å². The van der Waals surface area contributed by atoms with E-state index in [1.54, 1.807) is 0 Å². The summed E-state index contributed by atoms with van der Waals surface area (Å²) in [6, 6.07) is 2.19. The lowest BCUT2D eigenvalue weighted by molar-refractivity contribution is 0.0814. The number of hydrogen-bond acceptors (Lipinski definition) is 2. The van der Waals surface area contributed by atoms with Crippen LogP contribution in [0.1, 0.15) is 59.3 Å². The van der Waals surface area contributed by atoms with Crippen molar-refractivity contribution in [3.8, 4) is 0 Å². The normalized spacial score (nSPS) is 30.2. The lowest BCUT2D eigenvalue weighted by atomic mass is 9.80. The fourth-order valence-electron chi connectivity index (χ4n) is 3.52. The van der Waals surface area contributed by atoms with Crippen molar-refractivity contribution in [3.63, 3.8) is 0 Å². The van der Waals surface area contributed by atoms with Crippen LogP contribution < -0.4 is 5.32 Å². The number of likely N-dealkylation sites (N-methyl/N-ethyl adjacent to an activating group) is 2. The summed E-state index contributed by atoms with van der Waals surface area (Å²) in [5.41, 5.74) is 0. The Balaban J connectivity index is 2.67. The molecule has 1 fully saturated rings. The lowest BCUT2D eigenvalue weighted by Crippen LogP contribution is -2.53. The molecule has 3 atom stereocenters. The number of hydrogen-bond donors (Lipinski definition) is 1. The molecule has 0 aromatic rings. The smallest absolute Gasteiger partial charge is 0.0251 e. The van der Waals surface area contributed by atoms with Crippen LogP contribution in [0.25, 0.3) is 0 Å². The number of nitrogens with one attached hydrogen (secondary N) is 1. The van der Waals surface area contributed by atoms with Crippen molar-refractivity contribution in [1.82, 2.24) is 10.2 Å². The molecular weight excluding hydrogens is 208 g/mol. The third kappa shape index (κ3) is 3.69. The fraction of sp³-hybridized carbons (Fsp3) is 1.00. The van der Waals surface area contributed by atoms with Gasteiger partial charge in [0.05, 0.1) is 0 Å². The molecule has 0 saturated heterocycles. The van der Waals surface area contributed by atoms with Gasteiger partial charge in [-0.05, 0) is 52.1 Å². The monoisotopic (exact) mass is 240 g/mol. The second kappa shape index (κ2) is 7.38. The van der Waals surface area contributed by atoms with Gasteiger partial charge in [-0.15, -0.1) is 0 Å². The van der Waals surface area contributed by atoms with Gasteiger partial charge in [0.1, 0.15) is 0 Å². The maximum Gasteiger partial charge on any atom is 0.0251 e. The summed E-state index contributed by atoms with van der Waals surface area (Å²) in [6.45, 7) is 6.98. The zero-order valence-electron chi connectivity index (χ0n) is 12.5. The van der Waals surface area contributed by atoms with E-state index in [4.69, 9.17) is 0 Å². The topological polar surface area (TPSA) is 15.3 Å². The predicted molar refractivity (Wildman–Crippen MR) is 76.4 cm³/mol. The van der Waals surface area contributed by atoms with Crippen molar-refractivity contribution in [2.45, 2.75) is 77.4 Å². The van der Waals surface area contributed by atoms with Crippen LogP contribution in [0.3, 0.4) is 0 Å². The molecule has 2 heteroatoms. The highest BCUT2D eigenvalue weighted by atomic mass is 15.2. The molecular formula is C15H32N2. The summed E-state index contributed by atoms with van der Waals surface area (Å²) < 4.78 is 0. The Labute approximate surface area is 108 Å². The average Bonchev–Trinajstić information content (AvgIpc) is 2.39. The van der Waals surface area contributed by atoms with Gasteiger partial charge in [0.25, 0.3) is 0 Å². The lowest BCUT2D eigenvalue weighted by Gasteiger charge is -2.44. The van der Waals surface area contributed by atoms with Crippen LogP contribution in [0.2, 0.25) is 0 Å². The first-order chi connectivity index (χ1) is 8.17. The number of nitrogens with zero attached hydrogens (tertiary/aromatic N) is 1. The molecule has 1 aliphatic rings. The summed E-state index contributed by atoms with van der Waals surface area (Å²) in [4.78, 5) is 2.66. The first kappa shape index (κ1) is 15.0. The Morgan fingerprint density at radius 2 is 1.82 bits per heavy atom. The van der Waals surface area contributed by atoms with Crippen LogP contribution in [-0.4, -0.2) is 37.1 Å². The Hall–Kier alpha value is -0.0800. The standard InChI is InChI=1S/C15H32N2/c1-6-12-9-10-14(16-4)15(11-12)17(5)13(7-2)8-3/h12-16H,6-11H2,1-5H3. The Bertz CT molecular complexity index is 201. The van der Waals surface area contributed by atoms with Crippen LogP contribution in [-0.2, 0) is 0 Å². The van der Waals surface area contributed by atoms with Crippen LogP contribution in [0.4, 0.5) is 0 Å². The van der Waals surface area contributed by atoms with Crippen molar-refractivity contribution in [1.29, 1.82) is 0 Å². The van der Waals surface area contributed by atoms with E-state index >= 15 is 0 Å². The fourth-order valence-corrected chi connectivity index (χ4v) is 3.52. The molecule has 2 nitrogen and oxygen atoms in total. The van der Waals surface area contributed by atoms with Crippen LogP contribution in [0.5, 0.6) is 0 Å². The highest BCUT2D eigenvalue weighted by molar-refractivity contribution is 4.91. The van der Waals surface area contributed by atoms with E-state index in [2.05, 4.69) is 45.1 Å². The van der Waals surface area contributed by atoms with Crippen molar-refractivity contribution in [2.75, 3.05) is 14.1 Å². The molecule has 0 aromatic heterocycles. The van der Waals surface area contributed by atoms with Gasteiger partial charge in [-0.3, -0.25) is 4.90 Å². The zero-order valence-corrected chi connectivity index (χ0v) is 12.5. The molecule has 0 aromatic carbocycles. The second-order valence-corrected chi connectivity index (χ2v) is 5.69. The molecule has 1 saturated carbocycles. The van der Waals surface area contributed by atoms with Gasteiger partial charge >= 0.3 is 0 Å². The SMILES string of the molecule is CCC1CCC(NC)C(N(C)C(CC)CC)C1. The van der Waals surface area contributed by atoms with Crippen molar-refractivity contribution < 1.29 is 0 Å². The summed E-state index contributed by atoms with van der Waals surface area (Å²) >= 11 is 0. The summed E-state index contributed by atoms with van der Waals surface area (Å²) in [6.07, 6.45) is 8.05. The van der Waals surface area contributed by atoms with E-state index in [0.717, 1.165) is 18.0 Å². The van der Waals surface area contributed by atoms with E-state index in [-0.39, 0.29) is 0 Å². The first-order valence-electron chi connectivity index (χ1n) is 7.56. The molecule has 1 rings (SSSR count). The van der Waals surface area contributed by atoms with E-state index in [1.165, 1.54) is 38.5 Å². The molecule has 1 N–H and O–H groups in total. The molecule has 0 heterocycles. The summed E-state index contributed by atoms with van der Waals surface area (Å²) in [7, 11) is 4.47. The van der Waals surface area contributed by atoms with Crippen molar-refractivity contribution in [2.24, 2.45) is 5.92 Å². The minimum Gasteiger partial charge on any atom is -0.315 e. The Morgan fingerprint density at radius 3 is 2.29 bits per heavy atom. The van der Waals surface area contributed by atoms with Gasteiger partial charge in [0.2, 0.25) is 0 Å². The molecule has 3 unspecified atom stereocenters. The molecule has 17 heavy (non-hydrogen) atoms. The molecule has 0 amide bonds. The molecule has 0 bridgehead atoms. The van der Waals surface area contributed by atoms with Crippen LogP contribution in [0, 0.1) is 5.92 Å². The third-order valence-electron chi connectivity index (χ3n) is 4.91. The zero-order chi connectivity index (χ0) is 12.8. The van der Waals surface area contributed by atoms with Gasteiger partial charge in [0, 0.05) is 18.1 Å². The molecule has 0 spiro atoms. The highest BCUT2D eigenvalue weighted by Crippen LogP contribution is 2.31. The van der Waals surface area contributed by atoms with Gasteiger partial charge in [0.15, 0.2) is 0 Å². The minimum atomic E-state index is 0.698. The Kier molecular flexibility index (Phi) is 6.50. The van der Waals surface area contributed by atoms with Gasteiger partial charge in [-0.2, -0.15) is 0 Å². The van der Waals surface area contributed by atoms with E-state index in [1.807, 2.05) is 0 Å². The largest absolute Gasteiger partial charge is 0.315 e. The highest BCUT2D eigenvalue weighted by Gasteiger charge is 2.33. The predicted octanol–water partition coefficient (Wildman–Crippen LogP) is 3.27. The van der Waals surface area contributed by atoms with Gasteiger partial charge in [-0.1, -0.05) is 27.2 Å². The van der Waals surface area contributed by atoms with Crippen LogP contribution >= 0.6 is 0 Å². The van der Waals surface area contributed by atoms with Crippen molar-refractivity contribution >= 4 is 0 Å². The van der Waals surface area contributed by atoms with E-state index in [9.17, 15) is 0 Å². The third-order valence-corrected chi connectivity index (χ3v) is 4.91. The van der Waals surface area contributed by atoms with Gasteiger partial charge < -0.3 is 5.32 Å². The van der Waals surface area contributed by atoms with Crippen LogP contribution in [0.15, 0.2) is 0 Å². The second-order valence-electron chi connectivity index (χ2n) is 5.69. The van der Waals surface area contributed by atoms with E-state index < -0.39 is 0 Å². The van der Waals surface area contributed by atoms with E-state index in [0.29, 0.717) is 6.04 Å². The van der Waals surface area contributed by atoms with Crippen molar-refractivity contribution in [3.05, 3.63) is 0 Å². The molecule has 0 radical (unpaired) electrons. The average molecular weight is 240 g/mol. The Morgan fingerprint density at radius 1 is 1.18 bits per heavy atom. The minimum absolute atomic E-state index is 0.698. The summed E-state index contributed by atoms with van der Waals surface area (Å²) in [5, 5.41) is 3.54. The number of rotatable bonds is 6. The molecule has 0 aliphatic heterocycles. The first-order valence-corrected chi connectivity index (χ1v) is 7.56. The summed E-state index contributed by atoms with van der Waals surface area (Å²) in [5.74, 6) is 0.946.